The average molecular weight is 397 g/mol. The van der Waals surface area contributed by atoms with Crippen molar-refractivity contribution in [2.24, 2.45) is 0 Å². The van der Waals surface area contributed by atoms with Crippen LogP contribution < -0.4 is 10.1 Å². The molecule has 2 unspecified atom stereocenters. The van der Waals surface area contributed by atoms with Crippen molar-refractivity contribution in [3.05, 3.63) is 24.3 Å². The van der Waals surface area contributed by atoms with Gasteiger partial charge in [0, 0.05) is 28.6 Å². The molecule has 148 valence electrons. The van der Waals surface area contributed by atoms with Crippen LogP contribution in [0.25, 0.3) is 0 Å². The number of ether oxygens (including phenoxy) is 2. The molecule has 1 aromatic carbocycles. The van der Waals surface area contributed by atoms with Gasteiger partial charge in [-0.1, -0.05) is 0 Å². The van der Waals surface area contributed by atoms with Crippen molar-refractivity contribution in [1.82, 2.24) is 9.62 Å². The molecule has 1 aromatic rings. The van der Waals surface area contributed by atoms with Gasteiger partial charge in [0.1, 0.15) is 5.75 Å². The largest absolute Gasteiger partial charge is 0.435 e. The molecule has 2 atom stereocenters. The predicted octanol–water partition coefficient (Wildman–Crippen LogP) is 4.20. The van der Waals surface area contributed by atoms with Gasteiger partial charge >= 0.3 is 6.61 Å². The van der Waals surface area contributed by atoms with Crippen LogP contribution in [-0.2, 0) is 4.74 Å². The second-order valence-corrected chi connectivity index (χ2v) is 9.95. The van der Waals surface area contributed by atoms with Gasteiger partial charge < -0.3 is 14.8 Å². The Bertz CT molecular complexity index is 682. The Labute approximate surface area is 163 Å². The van der Waals surface area contributed by atoms with Crippen molar-refractivity contribution in [2.45, 2.75) is 86.2 Å². The van der Waals surface area contributed by atoms with E-state index < -0.39 is 6.61 Å². The number of piperidine rings is 1. The Morgan fingerprint density at radius 2 is 1.85 bits per heavy atom. The third-order valence-electron chi connectivity index (χ3n) is 6.56. The van der Waals surface area contributed by atoms with Gasteiger partial charge in [-0.25, -0.2) is 4.31 Å². The maximum Gasteiger partial charge on any atom is 0.387 e. The standard InChI is InChI=1S/C20H26F2N2O2S/c1-19-10-20(11-19,12-25-19)23-13-8-14-2-3-15(9-13)24(14)27-17-6-4-16(5-7-17)26-18(21)22/h4-7,13-15,18,23H,2-3,8-12H2,1H3. The summed E-state index contributed by atoms with van der Waals surface area (Å²) in [5, 5.41) is 3.95. The molecule has 5 fully saturated rings. The number of rotatable bonds is 6. The Hall–Kier alpha value is -0.890. The number of benzene rings is 1. The first-order chi connectivity index (χ1) is 12.9. The summed E-state index contributed by atoms with van der Waals surface area (Å²) < 4.78 is 37.5. The number of fused-ring (bicyclic) bond motifs is 3. The van der Waals surface area contributed by atoms with E-state index in [0.717, 1.165) is 24.3 Å². The topological polar surface area (TPSA) is 33.7 Å². The van der Waals surface area contributed by atoms with Crippen LogP contribution in [0.5, 0.6) is 5.75 Å². The second-order valence-electron chi connectivity index (χ2n) is 8.87. The smallest absolute Gasteiger partial charge is 0.387 e. The predicted molar refractivity (Wildman–Crippen MR) is 100 cm³/mol. The Kier molecular flexibility index (Phi) is 4.42. The number of hydrogen-bond acceptors (Lipinski definition) is 5. The van der Waals surface area contributed by atoms with Crippen LogP contribution in [0.1, 0.15) is 45.4 Å². The van der Waals surface area contributed by atoms with Gasteiger partial charge in [0.05, 0.1) is 12.2 Å². The quantitative estimate of drug-likeness (QED) is 0.729. The highest BCUT2D eigenvalue weighted by Crippen LogP contribution is 2.52. The molecule has 1 N–H and O–H groups in total. The molecule has 4 bridgehead atoms. The van der Waals surface area contributed by atoms with Gasteiger partial charge in [-0.15, -0.1) is 0 Å². The third kappa shape index (κ3) is 3.48. The fourth-order valence-electron chi connectivity index (χ4n) is 5.68. The van der Waals surface area contributed by atoms with Gasteiger partial charge in [-0.05, 0) is 81.7 Å². The van der Waals surface area contributed by atoms with Crippen LogP contribution in [0, 0.1) is 0 Å². The zero-order chi connectivity index (χ0) is 18.6. The first-order valence-corrected chi connectivity index (χ1v) is 10.6. The van der Waals surface area contributed by atoms with E-state index in [-0.39, 0.29) is 16.9 Å². The first-order valence-electron chi connectivity index (χ1n) is 9.85. The van der Waals surface area contributed by atoms with Crippen molar-refractivity contribution in [2.75, 3.05) is 6.61 Å². The fraction of sp³-hybridized carbons (Fsp3) is 0.700. The van der Waals surface area contributed by atoms with Crippen LogP contribution >= 0.6 is 11.9 Å². The average Bonchev–Trinajstić information content (AvgIpc) is 3.15. The van der Waals surface area contributed by atoms with Crippen molar-refractivity contribution in [3.63, 3.8) is 0 Å². The van der Waals surface area contributed by atoms with E-state index in [0.29, 0.717) is 18.1 Å². The van der Waals surface area contributed by atoms with Crippen molar-refractivity contribution >= 4 is 11.9 Å². The molecule has 0 radical (unpaired) electrons. The van der Waals surface area contributed by atoms with E-state index in [9.17, 15) is 8.78 Å². The lowest BCUT2D eigenvalue weighted by Gasteiger charge is -2.47. The van der Waals surface area contributed by atoms with E-state index in [1.807, 2.05) is 12.1 Å². The normalized spacial score (nSPS) is 40.4. The van der Waals surface area contributed by atoms with Gasteiger partial charge in [0.15, 0.2) is 0 Å². The van der Waals surface area contributed by atoms with E-state index >= 15 is 0 Å². The van der Waals surface area contributed by atoms with Crippen LogP contribution in [0.4, 0.5) is 8.78 Å². The lowest BCUT2D eigenvalue weighted by atomic mass is 9.69. The summed E-state index contributed by atoms with van der Waals surface area (Å²) in [6.07, 6.45) is 7.13. The van der Waals surface area contributed by atoms with E-state index in [1.54, 1.807) is 24.1 Å². The summed E-state index contributed by atoms with van der Waals surface area (Å²) >= 11 is 1.76. The molecule has 6 rings (SSSR count). The molecule has 0 amide bonds. The molecule has 0 aromatic heterocycles. The Balaban J connectivity index is 1.18. The maximum absolute atomic E-state index is 12.3. The molecule has 0 spiro atoms. The summed E-state index contributed by atoms with van der Waals surface area (Å²) in [6, 6.07) is 8.72. The summed E-state index contributed by atoms with van der Waals surface area (Å²) in [4.78, 5) is 1.08. The zero-order valence-electron chi connectivity index (χ0n) is 15.5. The maximum atomic E-state index is 12.3. The molecular weight excluding hydrogens is 370 g/mol. The molecule has 4 nitrogen and oxygen atoms in total. The number of nitrogens with one attached hydrogen (secondary N) is 1. The van der Waals surface area contributed by atoms with Crippen LogP contribution in [0.3, 0.4) is 0 Å². The fourth-order valence-corrected chi connectivity index (χ4v) is 6.86. The minimum Gasteiger partial charge on any atom is -0.435 e. The number of hydrogen-bond donors (Lipinski definition) is 1. The van der Waals surface area contributed by atoms with Crippen LogP contribution in [-0.4, -0.2) is 46.8 Å². The van der Waals surface area contributed by atoms with Gasteiger partial charge in [-0.3, -0.25) is 0 Å². The summed E-state index contributed by atoms with van der Waals surface area (Å²) in [5.41, 5.74) is 0.359. The SMILES string of the molecule is CC12CC(NC3CC4CCC(C3)N4Sc3ccc(OC(F)F)cc3)(CO1)C2. The van der Waals surface area contributed by atoms with Crippen LogP contribution in [0.15, 0.2) is 29.2 Å². The Morgan fingerprint density at radius 3 is 2.41 bits per heavy atom. The van der Waals surface area contributed by atoms with Gasteiger partial charge in [-0.2, -0.15) is 8.78 Å². The highest BCUT2D eigenvalue weighted by Gasteiger charge is 2.60. The van der Waals surface area contributed by atoms with E-state index in [2.05, 4.69) is 21.3 Å². The monoisotopic (exact) mass is 396 g/mol. The molecule has 7 heteroatoms. The molecule has 1 aliphatic carbocycles. The van der Waals surface area contributed by atoms with Crippen molar-refractivity contribution in [1.29, 1.82) is 0 Å². The lowest BCUT2D eigenvalue weighted by molar-refractivity contribution is -0.0498. The summed E-state index contributed by atoms with van der Waals surface area (Å²) in [7, 11) is 0. The zero-order valence-corrected chi connectivity index (χ0v) is 16.3. The second kappa shape index (κ2) is 6.58. The molecule has 4 aliphatic heterocycles. The Morgan fingerprint density at radius 1 is 1.19 bits per heavy atom. The van der Waals surface area contributed by atoms with Crippen LogP contribution in [0.2, 0.25) is 0 Å². The molecule has 27 heavy (non-hydrogen) atoms. The van der Waals surface area contributed by atoms with Gasteiger partial charge in [0.2, 0.25) is 0 Å². The summed E-state index contributed by atoms with van der Waals surface area (Å²) in [5.74, 6) is 0.214. The number of alkyl halides is 2. The van der Waals surface area contributed by atoms with E-state index in [1.165, 1.54) is 25.7 Å². The molecule has 5 aliphatic rings. The minimum atomic E-state index is -2.77. The van der Waals surface area contributed by atoms with Crippen molar-refractivity contribution in [3.8, 4) is 5.75 Å². The van der Waals surface area contributed by atoms with Crippen molar-refractivity contribution < 1.29 is 18.3 Å². The highest BCUT2D eigenvalue weighted by molar-refractivity contribution is 7.97. The first kappa shape index (κ1) is 18.2. The summed E-state index contributed by atoms with van der Waals surface area (Å²) in [6.45, 7) is 0.311. The molecule has 4 heterocycles. The third-order valence-corrected chi connectivity index (χ3v) is 7.85. The molecule has 4 saturated heterocycles. The van der Waals surface area contributed by atoms with Gasteiger partial charge in [0.25, 0.3) is 0 Å². The molecule has 1 saturated carbocycles. The number of nitrogens with zero attached hydrogens (tertiary/aromatic N) is 1. The van der Waals surface area contributed by atoms with E-state index in [4.69, 9.17) is 4.74 Å². The minimum absolute atomic E-state index is 0.128. The molecular formula is C20H26F2N2O2S. The number of halogens is 2. The highest BCUT2D eigenvalue weighted by atomic mass is 32.2. The lowest BCUT2D eigenvalue weighted by Crippen LogP contribution is -2.61.